The van der Waals surface area contributed by atoms with Gasteiger partial charge in [0.25, 0.3) is 0 Å². The van der Waals surface area contributed by atoms with Crippen molar-refractivity contribution in [2.45, 2.75) is 53.8 Å². The van der Waals surface area contributed by atoms with Gasteiger partial charge in [-0.3, -0.25) is 14.5 Å². The van der Waals surface area contributed by atoms with Crippen LogP contribution in [0.3, 0.4) is 0 Å². The van der Waals surface area contributed by atoms with Crippen molar-refractivity contribution in [3.8, 4) is 0 Å². The van der Waals surface area contributed by atoms with E-state index in [1.165, 1.54) is 5.56 Å². The molecule has 0 fully saturated rings. The van der Waals surface area contributed by atoms with Crippen molar-refractivity contribution in [2.75, 3.05) is 22.6 Å². The van der Waals surface area contributed by atoms with Crippen molar-refractivity contribution >= 4 is 23.4 Å². The molecule has 4 rings (SSSR count). The summed E-state index contributed by atoms with van der Waals surface area (Å²) in [7, 11) is 1.91. The van der Waals surface area contributed by atoms with Crippen LogP contribution in [0.4, 0.5) is 17.5 Å². The summed E-state index contributed by atoms with van der Waals surface area (Å²) in [6.45, 7) is 11.2. The molecule has 0 saturated heterocycles. The lowest BCUT2D eigenvalue weighted by Crippen LogP contribution is -2.49. The first kappa shape index (κ1) is 21.7. The van der Waals surface area contributed by atoms with Crippen LogP contribution in [0.1, 0.15) is 42.1 Å². The summed E-state index contributed by atoms with van der Waals surface area (Å²) < 4.78 is 1.92. The molecule has 1 aliphatic rings. The lowest BCUT2D eigenvalue weighted by Gasteiger charge is -2.36. The Morgan fingerprint density at radius 1 is 1.09 bits per heavy atom. The van der Waals surface area contributed by atoms with Crippen molar-refractivity contribution < 1.29 is 4.79 Å². The molecule has 1 amide bonds. The second kappa shape index (κ2) is 8.57. The quantitative estimate of drug-likeness (QED) is 0.615. The normalized spacial score (nSPS) is 15.7. The van der Waals surface area contributed by atoms with Crippen LogP contribution in [-0.2, 0) is 17.9 Å². The summed E-state index contributed by atoms with van der Waals surface area (Å²) in [6.07, 6.45) is 3.87. The first-order valence-corrected chi connectivity index (χ1v) is 10.8. The average Bonchev–Trinajstić information content (AvgIpc) is 3.13. The number of aromatic nitrogens is 5. The molecule has 4 heterocycles. The maximum atomic E-state index is 12.5. The van der Waals surface area contributed by atoms with Crippen LogP contribution in [0.25, 0.3) is 0 Å². The van der Waals surface area contributed by atoms with Crippen LogP contribution in [0.2, 0.25) is 0 Å². The van der Waals surface area contributed by atoms with Crippen molar-refractivity contribution in [3.63, 3.8) is 0 Å². The van der Waals surface area contributed by atoms with Gasteiger partial charge in [0, 0.05) is 36.7 Å². The number of rotatable bonds is 6. The molecule has 0 saturated carbocycles. The minimum Gasteiger partial charge on any atom is -0.350 e. The van der Waals surface area contributed by atoms with Gasteiger partial charge in [-0.15, -0.1) is 0 Å². The van der Waals surface area contributed by atoms with Crippen LogP contribution in [0.15, 0.2) is 24.5 Å². The van der Waals surface area contributed by atoms with E-state index in [1.54, 1.807) is 0 Å². The fraction of sp³-hybridized carbons (Fsp3) is 0.435. The van der Waals surface area contributed by atoms with E-state index in [1.807, 2.05) is 63.6 Å². The topological polar surface area (TPSA) is 101 Å². The van der Waals surface area contributed by atoms with Gasteiger partial charge in [-0.05, 0) is 44.4 Å². The van der Waals surface area contributed by atoms with Crippen LogP contribution in [0.5, 0.6) is 0 Å². The monoisotopic (exact) mass is 434 g/mol. The molecule has 1 aliphatic heterocycles. The maximum absolute atomic E-state index is 12.5. The summed E-state index contributed by atoms with van der Waals surface area (Å²) in [4.78, 5) is 28.1. The van der Waals surface area contributed by atoms with Gasteiger partial charge in [-0.1, -0.05) is 13.8 Å². The number of nitrogens with one attached hydrogen (secondary N) is 2. The number of likely N-dealkylation sites (N-methyl/N-ethyl adjacent to an activating group) is 1. The molecule has 1 atom stereocenters. The molecule has 168 valence electrons. The minimum atomic E-state index is -0.261. The molecule has 32 heavy (non-hydrogen) atoms. The largest absolute Gasteiger partial charge is 0.350 e. The fourth-order valence-corrected chi connectivity index (χ4v) is 4.26. The first-order chi connectivity index (χ1) is 15.2. The van der Waals surface area contributed by atoms with Gasteiger partial charge in [-0.2, -0.15) is 10.1 Å². The van der Waals surface area contributed by atoms with E-state index >= 15 is 0 Å². The van der Waals surface area contributed by atoms with E-state index in [0.29, 0.717) is 24.7 Å². The zero-order valence-corrected chi connectivity index (χ0v) is 19.5. The van der Waals surface area contributed by atoms with E-state index in [2.05, 4.69) is 42.8 Å². The second-order valence-electron chi connectivity index (χ2n) is 8.78. The lowest BCUT2D eigenvalue weighted by atomic mass is 9.99. The van der Waals surface area contributed by atoms with Gasteiger partial charge >= 0.3 is 0 Å². The smallest absolute Gasteiger partial charge is 0.247 e. The molecule has 0 radical (unpaired) electrons. The Morgan fingerprint density at radius 3 is 2.50 bits per heavy atom. The van der Waals surface area contributed by atoms with Crippen LogP contribution in [0, 0.1) is 26.7 Å². The summed E-state index contributed by atoms with van der Waals surface area (Å²) in [5.74, 6) is 1.41. The Kier molecular flexibility index (Phi) is 5.82. The van der Waals surface area contributed by atoms with Gasteiger partial charge in [0.15, 0.2) is 5.82 Å². The molecule has 0 unspecified atom stereocenters. The van der Waals surface area contributed by atoms with Crippen LogP contribution in [-0.4, -0.2) is 43.7 Å². The van der Waals surface area contributed by atoms with E-state index in [-0.39, 0.29) is 17.9 Å². The SMILES string of the molecule is Cc1cc(Cn2cc(CNc3nc(C)c4c(n3)N(C)[C@@H](C(C)C)C(=O)N4)cn2)cc(C)n1. The Bertz CT molecular complexity index is 1130. The van der Waals surface area contributed by atoms with Crippen molar-refractivity contribution in [1.82, 2.24) is 24.7 Å². The molecule has 9 heteroatoms. The summed E-state index contributed by atoms with van der Waals surface area (Å²) >= 11 is 0. The van der Waals surface area contributed by atoms with Crippen molar-refractivity contribution in [3.05, 3.63) is 52.7 Å². The summed E-state index contributed by atoms with van der Waals surface area (Å²) in [6, 6.07) is 3.90. The number of fused-ring (bicyclic) bond motifs is 1. The number of hydrogen-bond donors (Lipinski definition) is 2. The van der Waals surface area contributed by atoms with E-state index in [0.717, 1.165) is 28.5 Å². The molecule has 3 aromatic heterocycles. The van der Waals surface area contributed by atoms with E-state index < -0.39 is 0 Å². The molecule has 2 N–H and O–H groups in total. The highest BCUT2D eigenvalue weighted by molar-refractivity contribution is 6.03. The number of nitrogens with zero attached hydrogens (tertiary/aromatic N) is 6. The Labute approximate surface area is 188 Å². The Morgan fingerprint density at radius 2 is 1.81 bits per heavy atom. The Hall–Kier alpha value is -3.49. The number of amides is 1. The molecule has 0 aliphatic carbocycles. The molecular weight excluding hydrogens is 404 g/mol. The minimum absolute atomic E-state index is 0.0191. The number of carbonyl (C=O) groups excluding carboxylic acids is 1. The van der Waals surface area contributed by atoms with Gasteiger partial charge in [0.2, 0.25) is 11.9 Å². The highest BCUT2D eigenvalue weighted by Gasteiger charge is 2.35. The van der Waals surface area contributed by atoms with E-state index in [9.17, 15) is 4.79 Å². The van der Waals surface area contributed by atoms with Gasteiger partial charge < -0.3 is 15.5 Å². The standard InChI is InChI=1S/C23H30N8O/c1-13(2)20-22(32)28-19-16(5)27-23(29-21(19)30(20)6)24-9-18-10-25-31(12-18)11-17-7-14(3)26-15(4)8-17/h7-8,10,12-13,20H,9,11H2,1-6H3,(H,28,32)(H,24,27,29)/t20-/m0/s1. The van der Waals surface area contributed by atoms with Crippen LogP contribution < -0.4 is 15.5 Å². The first-order valence-electron chi connectivity index (χ1n) is 10.8. The highest BCUT2D eigenvalue weighted by atomic mass is 16.2. The molecule has 3 aromatic rings. The summed E-state index contributed by atoms with van der Waals surface area (Å²) in [5, 5.41) is 10.8. The van der Waals surface area contributed by atoms with Gasteiger partial charge in [0.1, 0.15) is 11.7 Å². The maximum Gasteiger partial charge on any atom is 0.247 e. The number of aryl methyl sites for hydroxylation is 3. The predicted molar refractivity (Wildman–Crippen MR) is 125 cm³/mol. The third kappa shape index (κ3) is 4.42. The Balaban J connectivity index is 1.47. The number of anilines is 3. The molecule has 0 bridgehead atoms. The molecule has 0 spiro atoms. The van der Waals surface area contributed by atoms with Crippen molar-refractivity contribution in [1.29, 1.82) is 0 Å². The van der Waals surface area contributed by atoms with E-state index in [4.69, 9.17) is 0 Å². The third-order valence-electron chi connectivity index (χ3n) is 5.59. The zero-order chi connectivity index (χ0) is 23.0. The third-order valence-corrected chi connectivity index (χ3v) is 5.59. The second-order valence-corrected chi connectivity index (χ2v) is 8.78. The molecule has 0 aromatic carbocycles. The van der Waals surface area contributed by atoms with Gasteiger partial charge in [0.05, 0.1) is 18.4 Å². The number of hydrogen-bond acceptors (Lipinski definition) is 7. The number of carbonyl (C=O) groups is 1. The fourth-order valence-electron chi connectivity index (χ4n) is 4.26. The predicted octanol–water partition coefficient (Wildman–Crippen LogP) is 3.07. The van der Waals surface area contributed by atoms with Gasteiger partial charge in [-0.25, -0.2) is 4.98 Å². The molecular formula is C23H30N8O. The molecule has 9 nitrogen and oxygen atoms in total. The summed E-state index contributed by atoms with van der Waals surface area (Å²) in [5.41, 5.74) is 5.64. The van der Waals surface area contributed by atoms with Crippen LogP contribution >= 0.6 is 0 Å². The zero-order valence-electron chi connectivity index (χ0n) is 19.5. The average molecular weight is 435 g/mol. The lowest BCUT2D eigenvalue weighted by molar-refractivity contribution is -0.118. The highest BCUT2D eigenvalue weighted by Crippen LogP contribution is 2.34. The number of pyridine rings is 1. The van der Waals surface area contributed by atoms with Crippen molar-refractivity contribution in [2.24, 2.45) is 5.92 Å².